The number of benzene rings is 1. The van der Waals surface area contributed by atoms with Gasteiger partial charge in [0.2, 0.25) is 0 Å². The molecule has 2 N–H and O–H groups in total. The van der Waals surface area contributed by atoms with Gasteiger partial charge in [0, 0.05) is 6.61 Å². The number of aliphatic carboxylic acids is 1. The van der Waals surface area contributed by atoms with Crippen molar-refractivity contribution in [3.63, 3.8) is 0 Å². The molecule has 0 fully saturated rings. The van der Waals surface area contributed by atoms with Crippen molar-refractivity contribution in [3.8, 4) is 0 Å². The molecular formula is C14H17FO5. The van der Waals surface area contributed by atoms with Crippen molar-refractivity contribution in [2.24, 2.45) is 0 Å². The lowest BCUT2D eigenvalue weighted by molar-refractivity contribution is -0.162. The van der Waals surface area contributed by atoms with E-state index in [1.807, 2.05) is 0 Å². The summed E-state index contributed by atoms with van der Waals surface area (Å²) in [7, 11) is 0. The summed E-state index contributed by atoms with van der Waals surface area (Å²) in [5, 5.41) is 18.4. The molecule has 1 aromatic carbocycles. The van der Waals surface area contributed by atoms with Crippen molar-refractivity contribution in [2.45, 2.75) is 25.2 Å². The molecule has 20 heavy (non-hydrogen) atoms. The third-order valence-electron chi connectivity index (χ3n) is 3.04. The molecule has 0 bridgehead atoms. The second-order valence-corrected chi connectivity index (χ2v) is 4.27. The summed E-state index contributed by atoms with van der Waals surface area (Å²) in [6.45, 7) is 1.35. The van der Waals surface area contributed by atoms with Gasteiger partial charge in [0.05, 0.1) is 6.61 Å². The molecule has 5 nitrogen and oxygen atoms in total. The maximum Gasteiger partial charge on any atom is 0.328 e. The van der Waals surface area contributed by atoms with Crippen LogP contribution in [0.4, 0.5) is 4.39 Å². The minimum absolute atomic E-state index is 0.0359. The van der Waals surface area contributed by atoms with Gasteiger partial charge in [-0.2, -0.15) is 0 Å². The second kappa shape index (κ2) is 7.00. The van der Waals surface area contributed by atoms with Crippen molar-refractivity contribution in [1.82, 2.24) is 0 Å². The molecule has 0 saturated heterocycles. The van der Waals surface area contributed by atoms with E-state index in [2.05, 4.69) is 0 Å². The van der Waals surface area contributed by atoms with E-state index in [9.17, 15) is 19.1 Å². The fraction of sp³-hybridized carbons (Fsp3) is 0.429. The van der Waals surface area contributed by atoms with Crippen LogP contribution in [-0.4, -0.2) is 35.4 Å². The van der Waals surface area contributed by atoms with Crippen LogP contribution >= 0.6 is 0 Å². The highest BCUT2D eigenvalue weighted by molar-refractivity contribution is 6.05. The van der Waals surface area contributed by atoms with Gasteiger partial charge >= 0.3 is 11.9 Å². The molecule has 0 aliphatic rings. The Bertz CT molecular complexity index is 471. The van der Waals surface area contributed by atoms with E-state index in [1.54, 1.807) is 6.92 Å². The molecular weight excluding hydrogens is 267 g/mol. The third kappa shape index (κ3) is 3.14. The van der Waals surface area contributed by atoms with Crippen LogP contribution in [0.5, 0.6) is 0 Å². The average molecular weight is 284 g/mol. The van der Waals surface area contributed by atoms with E-state index in [0.717, 1.165) is 12.1 Å². The van der Waals surface area contributed by atoms with Gasteiger partial charge in [0.25, 0.3) is 0 Å². The van der Waals surface area contributed by atoms with Gasteiger partial charge in [-0.05, 0) is 37.5 Å². The zero-order valence-corrected chi connectivity index (χ0v) is 11.1. The maximum absolute atomic E-state index is 13.0. The summed E-state index contributed by atoms with van der Waals surface area (Å²) in [6, 6.07) is 4.67. The van der Waals surface area contributed by atoms with E-state index in [4.69, 9.17) is 9.84 Å². The number of ether oxygens (including phenoxy) is 1. The van der Waals surface area contributed by atoms with E-state index in [1.165, 1.54) is 12.1 Å². The molecule has 6 heteroatoms. The molecule has 0 aliphatic heterocycles. The molecule has 1 aromatic rings. The van der Waals surface area contributed by atoms with Crippen molar-refractivity contribution in [1.29, 1.82) is 0 Å². The van der Waals surface area contributed by atoms with Gasteiger partial charge in [0.1, 0.15) is 5.82 Å². The van der Waals surface area contributed by atoms with Gasteiger partial charge < -0.3 is 14.9 Å². The van der Waals surface area contributed by atoms with Gasteiger partial charge in [-0.1, -0.05) is 12.1 Å². The predicted octanol–water partition coefficient (Wildman–Crippen LogP) is 1.48. The molecule has 0 aromatic heterocycles. The Hall–Kier alpha value is -1.95. The zero-order valence-electron chi connectivity index (χ0n) is 11.1. The number of aliphatic hydroxyl groups is 1. The van der Waals surface area contributed by atoms with Crippen molar-refractivity contribution in [2.75, 3.05) is 13.2 Å². The molecule has 1 atom stereocenters. The molecule has 0 spiro atoms. The topological polar surface area (TPSA) is 83.8 Å². The molecule has 0 saturated carbocycles. The molecule has 1 rings (SSSR count). The Morgan fingerprint density at radius 1 is 1.30 bits per heavy atom. The minimum Gasteiger partial charge on any atom is -0.480 e. The lowest BCUT2D eigenvalue weighted by atomic mass is 9.76. The van der Waals surface area contributed by atoms with Crippen molar-refractivity contribution >= 4 is 11.9 Å². The Kier molecular flexibility index (Phi) is 5.64. The quantitative estimate of drug-likeness (QED) is 0.585. The second-order valence-electron chi connectivity index (χ2n) is 4.27. The number of rotatable bonds is 7. The van der Waals surface area contributed by atoms with Crippen LogP contribution in [0, 0.1) is 5.82 Å². The number of aliphatic hydroxyl groups excluding tert-OH is 1. The first-order valence-corrected chi connectivity index (χ1v) is 6.26. The summed E-state index contributed by atoms with van der Waals surface area (Å²) >= 11 is 0. The van der Waals surface area contributed by atoms with Crippen molar-refractivity contribution in [3.05, 3.63) is 35.6 Å². The molecule has 1 unspecified atom stereocenters. The van der Waals surface area contributed by atoms with Gasteiger partial charge in [-0.15, -0.1) is 0 Å². The highest BCUT2D eigenvalue weighted by Crippen LogP contribution is 2.32. The van der Waals surface area contributed by atoms with Crippen LogP contribution in [0.1, 0.15) is 25.3 Å². The first-order chi connectivity index (χ1) is 9.48. The normalized spacial score (nSPS) is 13.6. The van der Waals surface area contributed by atoms with E-state index in [0.29, 0.717) is 0 Å². The predicted molar refractivity (Wildman–Crippen MR) is 68.7 cm³/mol. The Labute approximate surface area is 116 Å². The van der Waals surface area contributed by atoms with E-state index >= 15 is 0 Å². The summed E-state index contributed by atoms with van der Waals surface area (Å²) in [5.74, 6) is -2.82. The first kappa shape index (κ1) is 16.1. The summed E-state index contributed by atoms with van der Waals surface area (Å²) < 4.78 is 17.8. The number of halogens is 1. The Morgan fingerprint density at radius 3 is 2.35 bits per heavy atom. The lowest BCUT2D eigenvalue weighted by Crippen LogP contribution is -2.45. The molecule has 0 heterocycles. The van der Waals surface area contributed by atoms with Gasteiger partial charge in [-0.25, -0.2) is 4.39 Å². The zero-order chi connectivity index (χ0) is 15.2. The molecule has 0 amide bonds. The van der Waals surface area contributed by atoms with Crippen LogP contribution in [-0.2, 0) is 19.7 Å². The van der Waals surface area contributed by atoms with Crippen molar-refractivity contribution < 1.29 is 28.9 Å². The number of hydrogen-bond acceptors (Lipinski definition) is 4. The van der Waals surface area contributed by atoms with E-state index < -0.39 is 23.2 Å². The number of hydrogen-bond donors (Lipinski definition) is 2. The fourth-order valence-electron chi connectivity index (χ4n) is 2.01. The summed E-state index contributed by atoms with van der Waals surface area (Å²) in [4.78, 5) is 23.8. The average Bonchev–Trinajstić information content (AvgIpc) is 2.41. The number of carbonyl (C=O) groups excluding carboxylic acids is 1. The van der Waals surface area contributed by atoms with E-state index in [-0.39, 0.29) is 31.6 Å². The Balaban J connectivity index is 3.31. The number of carbonyl (C=O) groups is 2. The van der Waals surface area contributed by atoms with Crippen LogP contribution in [0.2, 0.25) is 0 Å². The maximum atomic E-state index is 13.0. The summed E-state index contributed by atoms with van der Waals surface area (Å²) in [6.07, 6.45) is -0.00815. The monoisotopic (exact) mass is 284 g/mol. The number of carboxylic acid groups (broad SMARTS) is 1. The highest BCUT2D eigenvalue weighted by atomic mass is 19.1. The highest BCUT2D eigenvalue weighted by Gasteiger charge is 2.48. The standard InChI is InChI=1S/C14H17FO5/c1-2-20-13(19)14(12(17)18,8-3-9-16)10-4-6-11(15)7-5-10/h4-7,16H,2-3,8-9H2,1H3,(H,17,18). The SMILES string of the molecule is CCOC(=O)C(CCCO)(C(=O)O)c1ccc(F)cc1. The summed E-state index contributed by atoms with van der Waals surface area (Å²) in [5.41, 5.74) is -1.79. The lowest BCUT2D eigenvalue weighted by Gasteiger charge is -2.27. The van der Waals surface area contributed by atoms with Gasteiger partial charge in [0.15, 0.2) is 5.41 Å². The number of carboxylic acids is 1. The van der Waals surface area contributed by atoms with Gasteiger partial charge in [-0.3, -0.25) is 9.59 Å². The first-order valence-electron chi connectivity index (χ1n) is 6.26. The molecule has 0 aliphatic carbocycles. The smallest absolute Gasteiger partial charge is 0.328 e. The van der Waals surface area contributed by atoms with Crippen LogP contribution in [0.25, 0.3) is 0 Å². The molecule has 0 radical (unpaired) electrons. The van der Waals surface area contributed by atoms with Crippen LogP contribution in [0.3, 0.4) is 0 Å². The van der Waals surface area contributed by atoms with Crippen LogP contribution in [0.15, 0.2) is 24.3 Å². The molecule has 110 valence electrons. The Morgan fingerprint density at radius 2 is 1.90 bits per heavy atom. The van der Waals surface area contributed by atoms with Crippen LogP contribution < -0.4 is 0 Å². The third-order valence-corrected chi connectivity index (χ3v) is 3.04. The fourth-order valence-corrected chi connectivity index (χ4v) is 2.01. The number of esters is 1. The largest absolute Gasteiger partial charge is 0.480 e. The minimum atomic E-state index is -1.92.